The third-order valence-electron chi connectivity index (χ3n) is 5.51. The summed E-state index contributed by atoms with van der Waals surface area (Å²) in [5.74, 6) is 0.299. The van der Waals surface area contributed by atoms with E-state index in [-0.39, 0.29) is 18.3 Å². The van der Waals surface area contributed by atoms with Crippen LogP contribution in [0, 0.1) is 27.7 Å². The van der Waals surface area contributed by atoms with E-state index in [4.69, 9.17) is 4.74 Å². The number of carbonyl (C=O) groups is 2. The van der Waals surface area contributed by atoms with Crippen LogP contribution in [-0.2, 0) is 16.0 Å². The molecule has 0 saturated heterocycles. The second-order valence-corrected chi connectivity index (χ2v) is 9.01. The van der Waals surface area contributed by atoms with E-state index >= 15 is 0 Å². The Kier molecular flexibility index (Phi) is 6.10. The number of thiophene rings is 1. The Labute approximate surface area is 191 Å². The highest BCUT2D eigenvalue weighted by Crippen LogP contribution is 2.46. The van der Waals surface area contributed by atoms with E-state index in [1.807, 2.05) is 39.1 Å². The summed E-state index contributed by atoms with van der Waals surface area (Å²) in [6.45, 7) is 9.68. The fourth-order valence-electron chi connectivity index (χ4n) is 3.83. The number of amides is 1. The predicted molar refractivity (Wildman–Crippen MR) is 123 cm³/mol. The topological polar surface area (TPSA) is 99.0 Å². The zero-order valence-electron chi connectivity index (χ0n) is 19.0. The van der Waals surface area contributed by atoms with Crippen molar-refractivity contribution in [2.75, 3.05) is 11.9 Å². The van der Waals surface area contributed by atoms with Gasteiger partial charge in [0.05, 0.1) is 24.3 Å². The standard InChI is InChI=1S/C23H27N5O3S/c1-6-31-22(30)20-18(16-7-8-16)11-32-21(20)26-19(29)10-17-14(4)27-28(15(17)5)23-24-12(2)9-13(3)25-23/h9,11,16H,6-8,10H2,1-5H3,(H,26,29). The Bertz CT molecular complexity index is 1170. The van der Waals surface area contributed by atoms with Crippen molar-refractivity contribution >= 4 is 28.2 Å². The Morgan fingerprint density at radius 1 is 1.19 bits per heavy atom. The molecule has 3 aromatic rings. The number of hydrogen-bond donors (Lipinski definition) is 1. The molecular weight excluding hydrogens is 426 g/mol. The molecule has 0 bridgehead atoms. The monoisotopic (exact) mass is 453 g/mol. The zero-order chi connectivity index (χ0) is 23.0. The fraction of sp³-hybridized carbons (Fsp3) is 0.435. The van der Waals surface area contributed by atoms with Gasteiger partial charge >= 0.3 is 5.97 Å². The van der Waals surface area contributed by atoms with Crippen LogP contribution >= 0.6 is 11.3 Å². The summed E-state index contributed by atoms with van der Waals surface area (Å²) in [7, 11) is 0. The minimum atomic E-state index is -0.377. The van der Waals surface area contributed by atoms with Gasteiger partial charge in [-0.2, -0.15) is 5.10 Å². The summed E-state index contributed by atoms with van der Waals surface area (Å²) in [6, 6.07) is 1.90. The predicted octanol–water partition coefficient (Wildman–Crippen LogP) is 4.19. The Morgan fingerprint density at radius 2 is 1.88 bits per heavy atom. The van der Waals surface area contributed by atoms with Gasteiger partial charge in [-0.05, 0) is 70.4 Å². The molecule has 0 radical (unpaired) electrons. The SMILES string of the molecule is CCOC(=O)c1c(C2CC2)csc1NC(=O)Cc1c(C)nn(-c2nc(C)cc(C)n2)c1C. The molecule has 1 amide bonds. The van der Waals surface area contributed by atoms with Gasteiger partial charge < -0.3 is 10.1 Å². The Hall–Kier alpha value is -3.07. The second kappa shape index (κ2) is 8.82. The molecule has 32 heavy (non-hydrogen) atoms. The van der Waals surface area contributed by atoms with E-state index in [2.05, 4.69) is 20.4 Å². The van der Waals surface area contributed by atoms with E-state index in [0.717, 1.165) is 46.7 Å². The lowest BCUT2D eigenvalue weighted by atomic mass is 10.1. The van der Waals surface area contributed by atoms with E-state index in [1.165, 1.54) is 11.3 Å². The molecule has 168 valence electrons. The summed E-state index contributed by atoms with van der Waals surface area (Å²) in [6.07, 6.45) is 2.27. The molecule has 0 aromatic carbocycles. The quantitative estimate of drug-likeness (QED) is 0.539. The highest BCUT2D eigenvalue weighted by atomic mass is 32.1. The molecule has 1 fully saturated rings. The van der Waals surface area contributed by atoms with Gasteiger partial charge in [-0.25, -0.2) is 19.4 Å². The van der Waals surface area contributed by atoms with Crippen molar-refractivity contribution in [3.8, 4) is 5.95 Å². The number of aryl methyl sites for hydroxylation is 3. The van der Waals surface area contributed by atoms with Crippen LogP contribution in [0.2, 0.25) is 0 Å². The molecule has 1 aliphatic rings. The number of carbonyl (C=O) groups excluding carboxylic acids is 2. The van der Waals surface area contributed by atoms with Crippen molar-refractivity contribution in [1.82, 2.24) is 19.7 Å². The van der Waals surface area contributed by atoms with E-state index < -0.39 is 0 Å². The van der Waals surface area contributed by atoms with Crippen LogP contribution in [-0.4, -0.2) is 38.2 Å². The molecule has 0 atom stereocenters. The number of rotatable bonds is 7. The maximum absolute atomic E-state index is 12.9. The van der Waals surface area contributed by atoms with Gasteiger partial charge in [0, 0.05) is 22.6 Å². The summed E-state index contributed by atoms with van der Waals surface area (Å²) in [5, 5.41) is 10.0. The van der Waals surface area contributed by atoms with Crippen molar-refractivity contribution in [1.29, 1.82) is 0 Å². The Balaban J connectivity index is 1.57. The van der Waals surface area contributed by atoms with Crippen LogP contribution in [0.1, 0.15) is 69.9 Å². The number of aromatic nitrogens is 4. The minimum Gasteiger partial charge on any atom is -0.462 e. The van der Waals surface area contributed by atoms with Gasteiger partial charge in [0.25, 0.3) is 5.95 Å². The number of nitrogens with zero attached hydrogens (tertiary/aromatic N) is 4. The number of esters is 1. The number of nitrogens with one attached hydrogen (secondary N) is 1. The number of hydrogen-bond acceptors (Lipinski definition) is 7. The Morgan fingerprint density at radius 3 is 2.50 bits per heavy atom. The van der Waals surface area contributed by atoms with Gasteiger partial charge in [-0.15, -0.1) is 11.3 Å². The highest BCUT2D eigenvalue weighted by Gasteiger charge is 2.32. The van der Waals surface area contributed by atoms with E-state index in [1.54, 1.807) is 11.6 Å². The average Bonchev–Trinajstić information content (AvgIpc) is 3.43. The minimum absolute atomic E-state index is 0.140. The molecule has 0 aliphatic heterocycles. The van der Waals surface area contributed by atoms with Crippen LogP contribution in [0.4, 0.5) is 5.00 Å². The third kappa shape index (κ3) is 4.43. The van der Waals surface area contributed by atoms with Gasteiger partial charge in [-0.1, -0.05) is 0 Å². The van der Waals surface area contributed by atoms with Crippen LogP contribution < -0.4 is 5.32 Å². The first-order valence-corrected chi connectivity index (χ1v) is 11.6. The van der Waals surface area contributed by atoms with Crippen LogP contribution in [0.3, 0.4) is 0 Å². The second-order valence-electron chi connectivity index (χ2n) is 8.13. The molecule has 3 aromatic heterocycles. The first-order chi connectivity index (χ1) is 15.3. The smallest absolute Gasteiger partial charge is 0.341 e. The molecular formula is C23H27N5O3S. The van der Waals surface area contributed by atoms with Crippen LogP contribution in [0.5, 0.6) is 0 Å². The van der Waals surface area contributed by atoms with Crippen molar-refractivity contribution in [2.45, 2.75) is 59.8 Å². The first-order valence-electron chi connectivity index (χ1n) is 10.7. The van der Waals surface area contributed by atoms with Crippen LogP contribution in [0.15, 0.2) is 11.4 Å². The summed E-state index contributed by atoms with van der Waals surface area (Å²) in [5.41, 5.74) is 5.58. The van der Waals surface area contributed by atoms with Gasteiger partial charge in [0.1, 0.15) is 5.00 Å². The van der Waals surface area contributed by atoms with Gasteiger partial charge in [-0.3, -0.25) is 4.79 Å². The van der Waals surface area contributed by atoms with Crippen molar-refractivity contribution in [2.24, 2.45) is 0 Å². The molecule has 1 N–H and O–H groups in total. The largest absolute Gasteiger partial charge is 0.462 e. The summed E-state index contributed by atoms with van der Waals surface area (Å²) in [4.78, 5) is 34.4. The van der Waals surface area contributed by atoms with Gasteiger partial charge in [0.15, 0.2) is 0 Å². The van der Waals surface area contributed by atoms with E-state index in [9.17, 15) is 9.59 Å². The lowest BCUT2D eigenvalue weighted by Crippen LogP contribution is -2.17. The lowest BCUT2D eigenvalue weighted by Gasteiger charge is -2.09. The highest BCUT2D eigenvalue weighted by molar-refractivity contribution is 7.15. The van der Waals surface area contributed by atoms with Crippen molar-refractivity contribution < 1.29 is 14.3 Å². The number of ether oxygens (including phenoxy) is 1. The molecule has 0 unspecified atom stereocenters. The molecule has 1 aliphatic carbocycles. The summed E-state index contributed by atoms with van der Waals surface area (Å²) < 4.78 is 6.92. The average molecular weight is 454 g/mol. The number of anilines is 1. The van der Waals surface area contributed by atoms with E-state index in [0.29, 0.717) is 29.0 Å². The molecule has 3 heterocycles. The molecule has 1 saturated carbocycles. The third-order valence-corrected chi connectivity index (χ3v) is 6.42. The molecule has 0 spiro atoms. The first kappa shape index (κ1) is 22.1. The molecule has 9 heteroatoms. The zero-order valence-corrected chi connectivity index (χ0v) is 19.8. The summed E-state index contributed by atoms with van der Waals surface area (Å²) >= 11 is 1.38. The maximum atomic E-state index is 12.9. The van der Waals surface area contributed by atoms with Crippen molar-refractivity contribution in [3.63, 3.8) is 0 Å². The van der Waals surface area contributed by atoms with Gasteiger partial charge in [0.2, 0.25) is 5.91 Å². The molecule has 8 nitrogen and oxygen atoms in total. The molecule has 4 rings (SSSR count). The lowest BCUT2D eigenvalue weighted by molar-refractivity contribution is -0.115. The fourth-order valence-corrected chi connectivity index (χ4v) is 4.88. The maximum Gasteiger partial charge on any atom is 0.341 e. The van der Waals surface area contributed by atoms with Crippen molar-refractivity contribution in [3.05, 3.63) is 50.9 Å². The van der Waals surface area contributed by atoms with Crippen LogP contribution in [0.25, 0.3) is 5.95 Å². The normalized spacial score (nSPS) is 13.3.